The topological polar surface area (TPSA) is 151 Å². The van der Waals surface area contributed by atoms with Crippen LogP contribution in [-0.4, -0.2) is 72.3 Å². The summed E-state index contributed by atoms with van der Waals surface area (Å²) in [4.78, 5) is 45.1. The number of hydrogen-bond donors (Lipinski definition) is 4. The fourth-order valence-corrected chi connectivity index (χ4v) is 2.29. The molecule has 0 radical (unpaired) electrons. The van der Waals surface area contributed by atoms with Crippen LogP contribution < -0.4 is 16.4 Å². The van der Waals surface area contributed by atoms with E-state index in [1.54, 1.807) is 0 Å². The second kappa shape index (κ2) is 12.4. The normalized spacial score (nSPS) is 15.5. The van der Waals surface area contributed by atoms with E-state index in [0.29, 0.717) is 13.0 Å². The van der Waals surface area contributed by atoms with Crippen LogP contribution in [0.2, 0.25) is 0 Å². The van der Waals surface area contributed by atoms with Crippen molar-refractivity contribution in [3.63, 3.8) is 0 Å². The second-order valence-corrected chi connectivity index (χ2v) is 6.30. The third-order valence-electron chi connectivity index (χ3n) is 3.85. The van der Waals surface area contributed by atoms with Crippen molar-refractivity contribution in [1.82, 2.24) is 15.5 Å². The molecule has 0 bridgehead atoms. The molecule has 1 fully saturated rings. The summed E-state index contributed by atoms with van der Waals surface area (Å²) in [5.74, 6) is -3.24. The number of rotatable bonds is 7. The molecular weight excluding hydrogens is 425 g/mol. The number of hydrogen-bond acceptors (Lipinski definition) is 6. The molecule has 10 nitrogen and oxygen atoms in total. The van der Waals surface area contributed by atoms with E-state index in [0.717, 1.165) is 5.56 Å². The zero-order chi connectivity index (χ0) is 23.4. The number of benzene rings is 1. The molecule has 1 aromatic rings. The Morgan fingerprint density at radius 2 is 1.74 bits per heavy atom. The summed E-state index contributed by atoms with van der Waals surface area (Å²) in [6.07, 6.45) is -5.06. The maximum absolute atomic E-state index is 11.7. The molecule has 31 heavy (non-hydrogen) atoms. The number of carbonyl (C=O) groups excluding carboxylic acids is 3. The van der Waals surface area contributed by atoms with Crippen molar-refractivity contribution in [2.24, 2.45) is 5.73 Å². The first-order chi connectivity index (χ1) is 14.5. The van der Waals surface area contributed by atoms with Crippen molar-refractivity contribution >= 4 is 23.9 Å². The highest BCUT2D eigenvalue weighted by Crippen LogP contribution is 2.13. The van der Waals surface area contributed by atoms with Gasteiger partial charge >= 0.3 is 18.2 Å². The van der Waals surface area contributed by atoms with E-state index in [1.807, 2.05) is 30.3 Å². The van der Waals surface area contributed by atoms with Crippen LogP contribution in [0.15, 0.2) is 30.3 Å². The van der Waals surface area contributed by atoms with Gasteiger partial charge in [0.15, 0.2) is 0 Å². The molecular formula is C18H23F3N4O6. The van der Waals surface area contributed by atoms with E-state index in [1.165, 1.54) is 4.90 Å². The second-order valence-electron chi connectivity index (χ2n) is 6.30. The summed E-state index contributed by atoms with van der Waals surface area (Å²) < 4.78 is 36.8. The van der Waals surface area contributed by atoms with Crippen LogP contribution >= 0.6 is 0 Å². The van der Waals surface area contributed by atoms with Gasteiger partial charge in [0.05, 0.1) is 12.6 Å². The molecule has 1 aliphatic rings. The minimum absolute atomic E-state index is 0.00894. The monoisotopic (exact) mass is 448 g/mol. The number of halogens is 3. The Bertz CT molecular complexity index is 760. The zero-order valence-electron chi connectivity index (χ0n) is 16.4. The van der Waals surface area contributed by atoms with Gasteiger partial charge in [0.1, 0.15) is 6.61 Å². The smallest absolute Gasteiger partial charge is 0.475 e. The lowest BCUT2D eigenvalue weighted by atomic mass is 10.2. The van der Waals surface area contributed by atoms with Crippen molar-refractivity contribution in [3.05, 3.63) is 35.9 Å². The molecule has 1 saturated heterocycles. The number of nitrogens with two attached hydrogens (primary N) is 1. The van der Waals surface area contributed by atoms with E-state index >= 15 is 0 Å². The van der Waals surface area contributed by atoms with Crippen molar-refractivity contribution in [1.29, 1.82) is 0 Å². The maximum atomic E-state index is 11.7. The Morgan fingerprint density at radius 3 is 2.26 bits per heavy atom. The largest absolute Gasteiger partial charge is 0.490 e. The molecule has 3 amide bonds. The van der Waals surface area contributed by atoms with E-state index in [-0.39, 0.29) is 38.1 Å². The van der Waals surface area contributed by atoms with Gasteiger partial charge in [-0.1, -0.05) is 30.3 Å². The Hall–Kier alpha value is -3.35. The van der Waals surface area contributed by atoms with E-state index in [9.17, 15) is 27.6 Å². The Kier molecular flexibility index (Phi) is 10.2. The van der Waals surface area contributed by atoms with Gasteiger partial charge in [-0.25, -0.2) is 9.59 Å². The van der Waals surface area contributed by atoms with Crippen LogP contribution in [0, 0.1) is 0 Å². The molecule has 0 aromatic heterocycles. The van der Waals surface area contributed by atoms with Crippen molar-refractivity contribution < 1.29 is 42.2 Å². The number of ether oxygens (including phenoxy) is 1. The fraction of sp³-hybridized carbons (Fsp3) is 0.444. The van der Waals surface area contributed by atoms with E-state index < -0.39 is 24.3 Å². The number of carboxylic acids is 1. The number of amides is 3. The van der Waals surface area contributed by atoms with Crippen LogP contribution in [0.5, 0.6) is 0 Å². The summed E-state index contributed by atoms with van der Waals surface area (Å²) in [6.45, 7) is 1.18. The number of aliphatic carboxylic acids is 1. The third-order valence-corrected chi connectivity index (χ3v) is 3.85. The van der Waals surface area contributed by atoms with Gasteiger partial charge in [-0.3, -0.25) is 9.59 Å². The van der Waals surface area contributed by atoms with Crippen LogP contribution in [0.3, 0.4) is 0 Å². The molecule has 1 heterocycles. The minimum Gasteiger partial charge on any atom is -0.475 e. The molecule has 0 aliphatic carbocycles. The summed E-state index contributed by atoms with van der Waals surface area (Å²) >= 11 is 0. The Labute approximate surface area is 175 Å². The standard InChI is InChI=1S/C16H22N4O4.C2HF3O2/c17-13-6-9-20(15(13)22)10-14(21)18-7-8-19-16(23)24-11-12-4-2-1-3-5-12;3-2(4,5)1(6)7/h1-5,13H,6-11,17H2,(H,18,21)(H,19,23);(H,6,7)/t13-;/m1./s1. The van der Waals surface area contributed by atoms with Gasteiger partial charge in [-0.15, -0.1) is 0 Å². The van der Waals surface area contributed by atoms with Crippen LogP contribution in [0.25, 0.3) is 0 Å². The predicted molar refractivity (Wildman–Crippen MR) is 101 cm³/mol. The third kappa shape index (κ3) is 10.3. The summed E-state index contributed by atoms with van der Waals surface area (Å²) in [7, 11) is 0. The molecule has 13 heteroatoms. The molecule has 1 aliphatic heterocycles. The first-order valence-corrected chi connectivity index (χ1v) is 9.06. The van der Waals surface area contributed by atoms with E-state index in [4.69, 9.17) is 20.4 Å². The van der Waals surface area contributed by atoms with Crippen molar-refractivity contribution in [3.8, 4) is 0 Å². The number of carbonyl (C=O) groups is 4. The summed E-state index contributed by atoms with van der Waals surface area (Å²) in [5.41, 5.74) is 6.48. The average molecular weight is 448 g/mol. The highest BCUT2D eigenvalue weighted by Gasteiger charge is 2.38. The van der Waals surface area contributed by atoms with Crippen LogP contribution in [0.4, 0.5) is 18.0 Å². The summed E-state index contributed by atoms with van der Waals surface area (Å²) in [6, 6.07) is 8.83. The lowest BCUT2D eigenvalue weighted by Gasteiger charge is -2.15. The molecule has 0 spiro atoms. The highest BCUT2D eigenvalue weighted by atomic mass is 19.4. The first-order valence-electron chi connectivity index (χ1n) is 9.06. The van der Waals surface area contributed by atoms with E-state index in [2.05, 4.69) is 10.6 Å². The number of carboxylic acid groups (broad SMARTS) is 1. The van der Waals surface area contributed by atoms with Crippen LogP contribution in [-0.2, 0) is 25.7 Å². The van der Waals surface area contributed by atoms with Gasteiger partial charge in [-0.2, -0.15) is 13.2 Å². The van der Waals surface area contributed by atoms with Gasteiger partial charge in [-0.05, 0) is 12.0 Å². The number of likely N-dealkylation sites (tertiary alicyclic amines) is 1. The van der Waals surface area contributed by atoms with Gasteiger partial charge in [0.2, 0.25) is 11.8 Å². The number of alkyl carbamates (subject to hydrolysis) is 1. The maximum Gasteiger partial charge on any atom is 0.490 e. The lowest BCUT2D eigenvalue weighted by molar-refractivity contribution is -0.192. The summed E-state index contributed by atoms with van der Waals surface area (Å²) in [5, 5.41) is 12.3. The van der Waals surface area contributed by atoms with Gasteiger partial charge < -0.3 is 31.1 Å². The van der Waals surface area contributed by atoms with Crippen molar-refractivity contribution in [2.45, 2.75) is 25.2 Å². The number of alkyl halides is 3. The molecule has 5 N–H and O–H groups in total. The molecule has 0 unspecified atom stereocenters. The first kappa shape index (κ1) is 25.7. The number of nitrogens with zero attached hydrogens (tertiary/aromatic N) is 1. The molecule has 1 atom stereocenters. The zero-order valence-corrected chi connectivity index (χ0v) is 16.4. The van der Waals surface area contributed by atoms with Gasteiger partial charge in [0.25, 0.3) is 0 Å². The molecule has 172 valence electrons. The molecule has 2 rings (SSSR count). The Morgan fingerprint density at radius 1 is 1.16 bits per heavy atom. The van der Waals surface area contributed by atoms with Crippen molar-refractivity contribution in [2.75, 3.05) is 26.2 Å². The quantitative estimate of drug-likeness (QED) is 0.436. The average Bonchev–Trinajstić information content (AvgIpc) is 3.02. The lowest BCUT2D eigenvalue weighted by Crippen LogP contribution is -2.43. The predicted octanol–water partition coefficient (Wildman–Crippen LogP) is 0.222. The molecule has 1 aromatic carbocycles. The highest BCUT2D eigenvalue weighted by molar-refractivity contribution is 5.88. The minimum atomic E-state index is -5.08. The number of nitrogens with one attached hydrogen (secondary N) is 2. The van der Waals surface area contributed by atoms with Crippen LogP contribution in [0.1, 0.15) is 12.0 Å². The fourth-order valence-electron chi connectivity index (χ4n) is 2.29. The SMILES string of the molecule is N[C@@H]1CCN(CC(=O)NCCNC(=O)OCc2ccccc2)C1=O.O=C(O)C(F)(F)F. The molecule has 0 saturated carbocycles. The Balaban J connectivity index is 0.000000592. The van der Waals surface area contributed by atoms with Gasteiger partial charge in [0, 0.05) is 19.6 Å².